The first kappa shape index (κ1) is 28.9. The molecule has 1 N–H and O–H groups in total. The number of aromatic nitrogens is 3. The van der Waals surface area contributed by atoms with Crippen LogP contribution in [-0.2, 0) is 11.2 Å². The van der Waals surface area contributed by atoms with E-state index in [0.717, 1.165) is 45.1 Å². The molecule has 0 unspecified atom stereocenters. The fraction of sp³-hybridized carbons (Fsp3) is 0.485. The van der Waals surface area contributed by atoms with Crippen molar-refractivity contribution in [2.24, 2.45) is 5.41 Å². The fourth-order valence-corrected chi connectivity index (χ4v) is 6.44. The van der Waals surface area contributed by atoms with Crippen LogP contribution in [0, 0.1) is 17.0 Å². The highest BCUT2D eigenvalue weighted by Crippen LogP contribution is 2.46. The van der Waals surface area contributed by atoms with E-state index in [4.69, 9.17) is 28.9 Å². The molecule has 232 valence electrons. The first-order valence-corrected chi connectivity index (χ1v) is 15.4. The second kappa shape index (κ2) is 11.6. The predicted octanol–water partition coefficient (Wildman–Crippen LogP) is 5.96. The van der Waals surface area contributed by atoms with Crippen molar-refractivity contribution in [2.45, 2.75) is 57.9 Å². The molecule has 4 heterocycles. The third-order valence-corrected chi connectivity index (χ3v) is 9.17. The van der Waals surface area contributed by atoms with Gasteiger partial charge in [0, 0.05) is 24.6 Å². The van der Waals surface area contributed by atoms with E-state index in [-0.39, 0.29) is 60.4 Å². The molecule has 9 nitrogen and oxygen atoms in total. The third kappa shape index (κ3) is 5.05. The molecule has 2 aliphatic heterocycles. The first-order valence-electron chi connectivity index (χ1n) is 15.4. The fourth-order valence-electron chi connectivity index (χ4n) is 6.44. The zero-order valence-electron chi connectivity index (χ0n) is 25.0. The monoisotopic (exact) mass is 606 g/mol. The van der Waals surface area contributed by atoms with Crippen LogP contribution in [0.5, 0.6) is 17.6 Å². The molecule has 11 heteroatoms. The highest BCUT2D eigenvalue weighted by atomic mass is 19.1. The van der Waals surface area contributed by atoms with Crippen LogP contribution in [0.2, 0.25) is 0 Å². The molecule has 44 heavy (non-hydrogen) atoms. The first-order chi connectivity index (χ1) is 21.4. The molecule has 2 fully saturated rings. The van der Waals surface area contributed by atoms with Gasteiger partial charge in [0.15, 0.2) is 12.6 Å². The smallest absolute Gasteiger partial charge is 0.319 e. The van der Waals surface area contributed by atoms with Gasteiger partial charge in [0.25, 0.3) is 0 Å². The van der Waals surface area contributed by atoms with Gasteiger partial charge in [-0.2, -0.15) is 9.97 Å². The van der Waals surface area contributed by atoms with Crippen molar-refractivity contribution in [3.05, 3.63) is 41.5 Å². The van der Waals surface area contributed by atoms with Crippen molar-refractivity contribution < 1.29 is 32.8 Å². The van der Waals surface area contributed by atoms with E-state index in [0.29, 0.717) is 51.9 Å². The third-order valence-electron chi connectivity index (χ3n) is 9.17. The highest BCUT2D eigenvalue weighted by Gasteiger charge is 2.43. The quantitative estimate of drug-likeness (QED) is 0.231. The summed E-state index contributed by atoms with van der Waals surface area (Å²) >= 11 is 0. The van der Waals surface area contributed by atoms with Crippen molar-refractivity contribution >= 4 is 27.5 Å². The summed E-state index contributed by atoms with van der Waals surface area (Å²) in [7, 11) is 1.51. The summed E-state index contributed by atoms with van der Waals surface area (Å²) in [6.07, 6.45) is 6.11. The predicted molar refractivity (Wildman–Crippen MR) is 161 cm³/mol. The van der Waals surface area contributed by atoms with E-state index in [1.165, 1.54) is 13.2 Å². The van der Waals surface area contributed by atoms with Crippen molar-refractivity contribution in [1.29, 1.82) is 0 Å². The second-order valence-electron chi connectivity index (χ2n) is 12.1. The van der Waals surface area contributed by atoms with Crippen LogP contribution in [0.15, 0.2) is 24.3 Å². The molecule has 1 atom stereocenters. The largest absolute Gasteiger partial charge is 0.475 e. The maximum Gasteiger partial charge on any atom is 0.319 e. The van der Waals surface area contributed by atoms with Gasteiger partial charge in [-0.05, 0) is 66.6 Å². The van der Waals surface area contributed by atoms with E-state index in [1.54, 1.807) is 18.2 Å². The Morgan fingerprint density at radius 2 is 1.93 bits per heavy atom. The Balaban J connectivity index is 1.47. The van der Waals surface area contributed by atoms with Gasteiger partial charge < -0.3 is 29.0 Å². The SMILES string of the molecule is CCc1c(F)ccc2cc(OCOC)cc(-c3nc4c5c(nc(OCC6(CO)CC6)nc5c3F)N3CCCCC[C@H]3CO4)c12. The van der Waals surface area contributed by atoms with Crippen LogP contribution in [0.4, 0.5) is 14.6 Å². The normalized spacial score (nSPS) is 18.8. The second-order valence-corrected chi connectivity index (χ2v) is 12.1. The van der Waals surface area contributed by atoms with Crippen LogP contribution < -0.4 is 19.1 Å². The number of methoxy groups -OCH3 is 1. The molecule has 7 rings (SSSR count). The van der Waals surface area contributed by atoms with Crippen molar-refractivity contribution in [2.75, 3.05) is 45.2 Å². The number of hydrogen-bond donors (Lipinski definition) is 1. The lowest BCUT2D eigenvalue weighted by molar-refractivity contribution is 0.0512. The molecule has 0 bridgehead atoms. The zero-order valence-corrected chi connectivity index (χ0v) is 25.0. The van der Waals surface area contributed by atoms with Crippen LogP contribution in [0.1, 0.15) is 51.0 Å². The lowest BCUT2D eigenvalue weighted by atomic mass is 9.94. The van der Waals surface area contributed by atoms with Gasteiger partial charge in [-0.1, -0.05) is 25.8 Å². The minimum Gasteiger partial charge on any atom is -0.475 e. The lowest BCUT2D eigenvalue weighted by Crippen LogP contribution is -2.38. The molecule has 1 saturated carbocycles. The Morgan fingerprint density at radius 1 is 1.07 bits per heavy atom. The average molecular weight is 607 g/mol. The molecular weight excluding hydrogens is 570 g/mol. The minimum atomic E-state index is -0.686. The van der Waals surface area contributed by atoms with Crippen molar-refractivity contribution in [3.63, 3.8) is 0 Å². The number of fused-ring (bicyclic) bond motifs is 3. The Bertz CT molecular complexity index is 1730. The van der Waals surface area contributed by atoms with Crippen molar-refractivity contribution in [1.82, 2.24) is 15.0 Å². The van der Waals surface area contributed by atoms with E-state index >= 15 is 8.78 Å². The van der Waals surface area contributed by atoms with Gasteiger partial charge in [-0.15, -0.1) is 0 Å². The van der Waals surface area contributed by atoms with Gasteiger partial charge >= 0.3 is 6.01 Å². The molecule has 0 spiro atoms. The number of hydrogen-bond acceptors (Lipinski definition) is 9. The topological polar surface area (TPSA) is 99.1 Å². The number of nitrogens with zero attached hydrogens (tertiary/aromatic N) is 4. The standard InChI is InChI=1S/C33H36F2N4O5/c1-3-22-24(34)9-8-19-13-21(44-18-41-2)14-23(25(19)22)28-27(35)29-26-30(38-32(37-29)43-17-33(16-40)10-11-33)39-12-6-4-5-7-20(39)15-42-31(26)36-28/h8-9,13-14,20,40H,3-7,10-12,15-18H2,1-2H3/t20-/m0/s1. The number of ether oxygens (including phenoxy) is 4. The molecule has 2 aromatic carbocycles. The van der Waals surface area contributed by atoms with E-state index < -0.39 is 5.82 Å². The number of aliphatic hydroxyl groups is 1. The number of pyridine rings is 1. The molecule has 1 saturated heterocycles. The number of halogens is 2. The Morgan fingerprint density at radius 3 is 2.70 bits per heavy atom. The minimum absolute atomic E-state index is 0.00688. The van der Waals surface area contributed by atoms with Crippen LogP contribution in [0.3, 0.4) is 0 Å². The van der Waals surface area contributed by atoms with Gasteiger partial charge in [-0.25, -0.2) is 13.8 Å². The van der Waals surface area contributed by atoms with Crippen LogP contribution >= 0.6 is 0 Å². The van der Waals surface area contributed by atoms with E-state index in [9.17, 15) is 5.11 Å². The van der Waals surface area contributed by atoms with Crippen LogP contribution in [-0.4, -0.2) is 66.4 Å². The van der Waals surface area contributed by atoms with Gasteiger partial charge in [-0.3, -0.25) is 0 Å². The maximum absolute atomic E-state index is 17.0. The Kier molecular flexibility index (Phi) is 7.62. The summed E-state index contributed by atoms with van der Waals surface area (Å²) in [5, 5.41) is 11.5. The molecule has 0 amide bonds. The molecular formula is C33H36F2N4O5. The summed E-state index contributed by atoms with van der Waals surface area (Å²) in [5.74, 6) is 0.127. The average Bonchev–Trinajstić information content (AvgIpc) is 3.87. The summed E-state index contributed by atoms with van der Waals surface area (Å²) in [4.78, 5) is 16.3. The van der Waals surface area contributed by atoms with Gasteiger partial charge in [0.2, 0.25) is 5.88 Å². The number of anilines is 1. The van der Waals surface area contributed by atoms with E-state index in [2.05, 4.69) is 9.88 Å². The molecule has 1 aliphatic carbocycles. The summed E-state index contributed by atoms with van der Waals surface area (Å²) < 4.78 is 55.4. The molecule has 4 aromatic rings. The highest BCUT2D eigenvalue weighted by molar-refractivity contribution is 6.03. The summed E-state index contributed by atoms with van der Waals surface area (Å²) in [5.41, 5.74) is 0.499. The van der Waals surface area contributed by atoms with Crippen molar-refractivity contribution in [3.8, 4) is 28.9 Å². The Labute approximate surface area is 254 Å². The van der Waals surface area contributed by atoms with Crippen LogP contribution in [0.25, 0.3) is 32.9 Å². The van der Waals surface area contributed by atoms with Gasteiger partial charge in [0.1, 0.15) is 40.6 Å². The zero-order chi connectivity index (χ0) is 30.4. The summed E-state index contributed by atoms with van der Waals surface area (Å²) in [6, 6.07) is 6.58. The summed E-state index contributed by atoms with van der Waals surface area (Å²) in [6.45, 7) is 3.19. The van der Waals surface area contributed by atoms with E-state index in [1.807, 2.05) is 6.92 Å². The number of rotatable bonds is 9. The number of aliphatic hydroxyl groups excluding tert-OH is 1. The molecule has 2 aromatic heterocycles. The lowest BCUT2D eigenvalue weighted by Gasteiger charge is -2.29. The number of aryl methyl sites for hydroxylation is 1. The molecule has 0 radical (unpaired) electrons. The Hall–Kier alpha value is -3.83. The number of benzene rings is 2. The van der Waals surface area contributed by atoms with Gasteiger partial charge in [0.05, 0.1) is 19.3 Å². The maximum atomic E-state index is 17.0. The molecule has 3 aliphatic rings.